The minimum absolute atomic E-state index is 0.153. The van der Waals surface area contributed by atoms with Crippen LogP contribution in [0.5, 0.6) is 0 Å². The van der Waals surface area contributed by atoms with Crippen LogP contribution in [0.25, 0.3) is 11.1 Å². The number of hydrogen-bond acceptors (Lipinski definition) is 4. The van der Waals surface area contributed by atoms with Crippen molar-refractivity contribution in [3.8, 4) is 0 Å². The third kappa shape index (κ3) is 2.43. The first-order valence-electron chi connectivity index (χ1n) is 6.50. The van der Waals surface area contributed by atoms with Gasteiger partial charge < -0.3 is 15.9 Å². The number of benzene rings is 1. The Morgan fingerprint density at radius 3 is 2.63 bits per heavy atom. The molecule has 0 amide bonds. The lowest BCUT2D eigenvalue weighted by Crippen LogP contribution is -2.31. The summed E-state index contributed by atoms with van der Waals surface area (Å²) in [6, 6.07) is 5.49. The first kappa shape index (κ1) is 13.8. The van der Waals surface area contributed by atoms with Gasteiger partial charge in [-0.15, -0.1) is 0 Å². The van der Waals surface area contributed by atoms with Gasteiger partial charge in [-0.3, -0.25) is 4.57 Å². The van der Waals surface area contributed by atoms with Crippen LogP contribution in [0.2, 0.25) is 0 Å². The zero-order chi connectivity index (χ0) is 14.2. The molecule has 0 aliphatic carbocycles. The van der Waals surface area contributed by atoms with E-state index < -0.39 is 0 Å². The topological polar surface area (TPSA) is 87.2 Å². The molecule has 5 nitrogen and oxygen atoms in total. The molecule has 19 heavy (non-hydrogen) atoms. The van der Waals surface area contributed by atoms with Gasteiger partial charge in [-0.2, -0.15) is 0 Å². The van der Waals surface area contributed by atoms with Gasteiger partial charge in [0.15, 0.2) is 5.58 Å². The molecular weight excluding hydrogens is 242 g/mol. The van der Waals surface area contributed by atoms with E-state index in [1.54, 1.807) is 7.05 Å². The second kappa shape index (κ2) is 5.19. The van der Waals surface area contributed by atoms with E-state index >= 15 is 0 Å². The van der Waals surface area contributed by atoms with Gasteiger partial charge in [-0.05, 0) is 36.1 Å². The van der Waals surface area contributed by atoms with E-state index in [1.165, 1.54) is 4.57 Å². The average molecular weight is 263 g/mol. The molecule has 5 heteroatoms. The Kier molecular flexibility index (Phi) is 3.78. The SMILES string of the molecule is CC(C)C(CN)C(N)c1ccc2c(c1)oc(=O)n2C. The van der Waals surface area contributed by atoms with E-state index in [1.807, 2.05) is 18.2 Å². The van der Waals surface area contributed by atoms with Crippen molar-refractivity contribution < 1.29 is 4.42 Å². The van der Waals surface area contributed by atoms with Crippen molar-refractivity contribution in [1.29, 1.82) is 0 Å². The largest absolute Gasteiger partial charge is 0.419 e. The van der Waals surface area contributed by atoms with Gasteiger partial charge in [0.05, 0.1) is 5.52 Å². The van der Waals surface area contributed by atoms with Crippen LogP contribution >= 0.6 is 0 Å². The predicted octanol–water partition coefficient (Wildman–Crippen LogP) is 1.36. The van der Waals surface area contributed by atoms with E-state index in [4.69, 9.17) is 15.9 Å². The third-order valence-electron chi connectivity index (χ3n) is 3.79. The van der Waals surface area contributed by atoms with Crippen LogP contribution in [0.3, 0.4) is 0 Å². The molecule has 104 valence electrons. The molecule has 0 spiro atoms. The molecule has 0 aliphatic rings. The maximum atomic E-state index is 11.5. The van der Waals surface area contributed by atoms with E-state index in [0.29, 0.717) is 18.0 Å². The molecule has 1 heterocycles. The summed E-state index contributed by atoms with van der Waals surface area (Å²) in [5.74, 6) is 0.242. The summed E-state index contributed by atoms with van der Waals surface area (Å²) in [4.78, 5) is 11.5. The summed E-state index contributed by atoms with van der Waals surface area (Å²) in [7, 11) is 1.69. The summed E-state index contributed by atoms with van der Waals surface area (Å²) in [6.45, 7) is 4.76. The molecule has 0 saturated heterocycles. The van der Waals surface area contributed by atoms with Gasteiger partial charge in [0.2, 0.25) is 0 Å². The van der Waals surface area contributed by atoms with Crippen LogP contribution in [0.15, 0.2) is 27.4 Å². The highest BCUT2D eigenvalue weighted by Crippen LogP contribution is 2.27. The van der Waals surface area contributed by atoms with Crippen molar-refractivity contribution in [3.05, 3.63) is 34.3 Å². The van der Waals surface area contributed by atoms with Gasteiger partial charge in [0.25, 0.3) is 0 Å². The second-order valence-electron chi connectivity index (χ2n) is 5.32. The van der Waals surface area contributed by atoms with Crippen molar-refractivity contribution in [3.63, 3.8) is 0 Å². The normalized spacial score (nSPS) is 15.1. The number of aromatic nitrogens is 1. The minimum Gasteiger partial charge on any atom is -0.408 e. The fourth-order valence-corrected chi connectivity index (χ4v) is 2.44. The van der Waals surface area contributed by atoms with Crippen molar-refractivity contribution in [2.45, 2.75) is 19.9 Å². The Morgan fingerprint density at radius 2 is 2.05 bits per heavy atom. The van der Waals surface area contributed by atoms with E-state index in [0.717, 1.165) is 11.1 Å². The van der Waals surface area contributed by atoms with Crippen LogP contribution in [0.1, 0.15) is 25.5 Å². The molecule has 2 unspecified atom stereocenters. The molecular formula is C14H21N3O2. The zero-order valence-electron chi connectivity index (χ0n) is 11.6. The number of hydrogen-bond donors (Lipinski definition) is 2. The molecule has 2 rings (SSSR count). The standard InChI is InChI=1S/C14H21N3O2/c1-8(2)10(7-15)13(16)9-4-5-11-12(6-9)19-14(18)17(11)3/h4-6,8,10,13H,7,15-16H2,1-3H3. The number of oxazole rings is 1. The maximum Gasteiger partial charge on any atom is 0.419 e. The van der Waals surface area contributed by atoms with Gasteiger partial charge in [0.1, 0.15) is 0 Å². The summed E-state index contributed by atoms with van der Waals surface area (Å²) in [5.41, 5.74) is 14.4. The van der Waals surface area contributed by atoms with Crippen molar-refractivity contribution in [1.82, 2.24) is 4.57 Å². The maximum absolute atomic E-state index is 11.5. The zero-order valence-corrected chi connectivity index (χ0v) is 11.6. The Labute approximate surface area is 112 Å². The lowest BCUT2D eigenvalue weighted by atomic mass is 9.85. The number of fused-ring (bicyclic) bond motifs is 1. The van der Waals surface area contributed by atoms with Crippen LogP contribution in [-0.2, 0) is 7.05 Å². The molecule has 2 aromatic rings. The Hall–Kier alpha value is -1.59. The second-order valence-corrected chi connectivity index (χ2v) is 5.32. The Morgan fingerprint density at radius 1 is 1.37 bits per heavy atom. The molecule has 1 aromatic heterocycles. The van der Waals surface area contributed by atoms with Gasteiger partial charge in [-0.25, -0.2) is 4.79 Å². The van der Waals surface area contributed by atoms with E-state index in [2.05, 4.69) is 13.8 Å². The fourth-order valence-electron chi connectivity index (χ4n) is 2.44. The molecule has 1 aromatic carbocycles. The van der Waals surface area contributed by atoms with Crippen LogP contribution in [0.4, 0.5) is 0 Å². The molecule has 0 saturated carbocycles. The molecule has 0 radical (unpaired) electrons. The number of aryl methyl sites for hydroxylation is 1. The number of rotatable bonds is 4. The van der Waals surface area contributed by atoms with Gasteiger partial charge in [-0.1, -0.05) is 19.9 Å². The Balaban J connectivity index is 2.43. The minimum atomic E-state index is -0.361. The molecule has 0 bridgehead atoms. The van der Waals surface area contributed by atoms with Crippen LogP contribution in [-0.4, -0.2) is 11.1 Å². The molecule has 2 atom stereocenters. The summed E-state index contributed by atoms with van der Waals surface area (Å²) < 4.78 is 6.66. The lowest BCUT2D eigenvalue weighted by Gasteiger charge is -2.26. The predicted molar refractivity (Wildman–Crippen MR) is 75.8 cm³/mol. The van der Waals surface area contributed by atoms with Crippen molar-refractivity contribution in [2.75, 3.05) is 6.54 Å². The van der Waals surface area contributed by atoms with Crippen LogP contribution < -0.4 is 17.2 Å². The lowest BCUT2D eigenvalue weighted by molar-refractivity contribution is 0.331. The summed E-state index contributed by atoms with van der Waals surface area (Å²) in [6.07, 6.45) is 0. The van der Waals surface area contributed by atoms with Gasteiger partial charge in [0, 0.05) is 13.1 Å². The molecule has 4 N–H and O–H groups in total. The summed E-state index contributed by atoms with van der Waals surface area (Å²) in [5, 5.41) is 0. The smallest absolute Gasteiger partial charge is 0.408 e. The quantitative estimate of drug-likeness (QED) is 0.872. The Bertz CT molecular complexity index is 627. The molecule has 0 fully saturated rings. The van der Waals surface area contributed by atoms with Gasteiger partial charge >= 0.3 is 5.76 Å². The average Bonchev–Trinajstić information content (AvgIpc) is 2.65. The fraction of sp³-hybridized carbons (Fsp3) is 0.500. The highest BCUT2D eigenvalue weighted by molar-refractivity contribution is 5.73. The molecule has 0 aliphatic heterocycles. The highest BCUT2D eigenvalue weighted by atomic mass is 16.4. The number of nitrogens with zero attached hydrogens (tertiary/aromatic N) is 1. The third-order valence-corrected chi connectivity index (χ3v) is 3.79. The van der Waals surface area contributed by atoms with E-state index in [9.17, 15) is 4.79 Å². The highest BCUT2D eigenvalue weighted by Gasteiger charge is 2.22. The summed E-state index contributed by atoms with van der Waals surface area (Å²) >= 11 is 0. The van der Waals surface area contributed by atoms with Crippen molar-refractivity contribution in [2.24, 2.45) is 30.4 Å². The first-order chi connectivity index (χ1) is 8.95. The first-order valence-corrected chi connectivity index (χ1v) is 6.50. The van der Waals surface area contributed by atoms with Crippen LogP contribution in [0, 0.1) is 11.8 Å². The monoisotopic (exact) mass is 263 g/mol. The van der Waals surface area contributed by atoms with Crippen molar-refractivity contribution >= 4 is 11.1 Å². The van der Waals surface area contributed by atoms with E-state index in [-0.39, 0.29) is 17.7 Å². The number of nitrogens with two attached hydrogens (primary N) is 2.